The van der Waals surface area contributed by atoms with Crippen LogP contribution in [-0.2, 0) is 9.59 Å². The summed E-state index contributed by atoms with van der Waals surface area (Å²) in [7, 11) is 3.07. The van der Waals surface area contributed by atoms with Gasteiger partial charge < -0.3 is 25.4 Å². The zero-order chi connectivity index (χ0) is 17.8. The number of amides is 2. The lowest BCUT2D eigenvalue weighted by molar-refractivity contribution is -0.122. The zero-order valence-corrected chi connectivity index (χ0v) is 14.0. The second-order valence-electron chi connectivity index (χ2n) is 5.55. The lowest BCUT2D eigenvalue weighted by Gasteiger charge is -2.26. The predicted molar refractivity (Wildman–Crippen MR) is 95.3 cm³/mol. The summed E-state index contributed by atoms with van der Waals surface area (Å²) in [5, 5.41) is 8.65. The number of benzene rings is 2. The van der Waals surface area contributed by atoms with E-state index < -0.39 is 6.04 Å². The van der Waals surface area contributed by atoms with Gasteiger partial charge in [0.1, 0.15) is 17.5 Å². The number of carbonyl (C=O) groups excluding carboxylic acids is 2. The number of carbonyl (C=O) groups is 2. The van der Waals surface area contributed by atoms with Gasteiger partial charge in [-0.25, -0.2) is 0 Å². The molecule has 1 heterocycles. The Kier molecular flexibility index (Phi) is 4.74. The normalized spacial score (nSPS) is 15.4. The molecule has 1 unspecified atom stereocenters. The first kappa shape index (κ1) is 16.6. The van der Waals surface area contributed by atoms with Crippen LogP contribution in [-0.4, -0.2) is 32.1 Å². The molecule has 3 rings (SSSR count). The molecule has 7 heteroatoms. The van der Waals surface area contributed by atoms with Crippen molar-refractivity contribution in [3.05, 3.63) is 42.5 Å². The molecule has 0 radical (unpaired) electrons. The molecule has 2 aromatic rings. The van der Waals surface area contributed by atoms with Crippen molar-refractivity contribution in [3.63, 3.8) is 0 Å². The molecule has 1 atom stereocenters. The molecule has 130 valence electrons. The molecule has 3 N–H and O–H groups in total. The van der Waals surface area contributed by atoms with Crippen molar-refractivity contribution in [2.24, 2.45) is 0 Å². The van der Waals surface area contributed by atoms with Crippen molar-refractivity contribution < 1.29 is 19.1 Å². The van der Waals surface area contributed by atoms with Crippen LogP contribution in [0.25, 0.3) is 0 Å². The maximum atomic E-state index is 12.3. The molecule has 7 nitrogen and oxygen atoms in total. The van der Waals surface area contributed by atoms with Crippen molar-refractivity contribution >= 4 is 28.9 Å². The molecule has 1 aliphatic rings. The quantitative estimate of drug-likeness (QED) is 0.777. The maximum Gasteiger partial charge on any atom is 0.247 e. The third-order valence-corrected chi connectivity index (χ3v) is 3.90. The molecule has 2 aromatic carbocycles. The minimum absolute atomic E-state index is 0.00461. The summed E-state index contributed by atoms with van der Waals surface area (Å²) in [6.07, 6.45) is -0.00461. The van der Waals surface area contributed by atoms with E-state index in [0.29, 0.717) is 22.9 Å². The topological polar surface area (TPSA) is 88.7 Å². The maximum absolute atomic E-state index is 12.3. The van der Waals surface area contributed by atoms with Gasteiger partial charge in [-0.2, -0.15) is 0 Å². The van der Waals surface area contributed by atoms with E-state index in [-0.39, 0.29) is 18.2 Å². The number of methoxy groups -OCH3 is 2. The highest BCUT2D eigenvalue weighted by atomic mass is 16.5. The highest BCUT2D eigenvalue weighted by Gasteiger charge is 2.27. The fourth-order valence-corrected chi connectivity index (χ4v) is 2.62. The Morgan fingerprint density at radius 2 is 1.88 bits per heavy atom. The van der Waals surface area contributed by atoms with Gasteiger partial charge in [0.15, 0.2) is 0 Å². The minimum Gasteiger partial charge on any atom is -0.497 e. The van der Waals surface area contributed by atoms with Gasteiger partial charge in [-0.05, 0) is 24.3 Å². The predicted octanol–water partition coefficient (Wildman–Crippen LogP) is 2.47. The highest BCUT2D eigenvalue weighted by molar-refractivity contribution is 6.06. The summed E-state index contributed by atoms with van der Waals surface area (Å²) < 4.78 is 10.4. The van der Waals surface area contributed by atoms with Crippen LogP contribution in [0.15, 0.2) is 42.5 Å². The fraction of sp³-hybridized carbons (Fsp3) is 0.222. The number of ether oxygens (including phenoxy) is 2. The Bertz CT molecular complexity index is 807. The summed E-state index contributed by atoms with van der Waals surface area (Å²) in [6.45, 7) is 0. The van der Waals surface area contributed by atoms with Gasteiger partial charge in [0, 0.05) is 6.07 Å². The molecule has 0 saturated heterocycles. The van der Waals surface area contributed by atoms with E-state index in [2.05, 4.69) is 16.0 Å². The first-order valence-corrected chi connectivity index (χ1v) is 7.79. The van der Waals surface area contributed by atoms with Crippen LogP contribution in [0.3, 0.4) is 0 Å². The van der Waals surface area contributed by atoms with E-state index in [9.17, 15) is 9.59 Å². The molecule has 0 fully saturated rings. The minimum atomic E-state index is -0.640. The molecule has 25 heavy (non-hydrogen) atoms. The average Bonchev–Trinajstić information content (AvgIpc) is 2.62. The fourth-order valence-electron chi connectivity index (χ4n) is 2.62. The van der Waals surface area contributed by atoms with Gasteiger partial charge in [0.05, 0.1) is 37.7 Å². The second-order valence-corrected chi connectivity index (χ2v) is 5.55. The summed E-state index contributed by atoms with van der Waals surface area (Å²) in [5.74, 6) is 0.574. The van der Waals surface area contributed by atoms with E-state index in [1.165, 1.54) is 7.11 Å². The lowest BCUT2D eigenvalue weighted by atomic mass is 10.1. The van der Waals surface area contributed by atoms with Crippen LogP contribution in [0.2, 0.25) is 0 Å². The van der Waals surface area contributed by atoms with E-state index in [0.717, 1.165) is 5.69 Å². The van der Waals surface area contributed by atoms with Crippen molar-refractivity contribution in [1.82, 2.24) is 0 Å². The van der Waals surface area contributed by atoms with Crippen LogP contribution in [0.5, 0.6) is 11.5 Å². The summed E-state index contributed by atoms with van der Waals surface area (Å²) in [4.78, 5) is 24.5. The van der Waals surface area contributed by atoms with Crippen molar-refractivity contribution in [3.8, 4) is 11.5 Å². The molecule has 0 bridgehead atoms. The molecule has 2 amide bonds. The highest BCUT2D eigenvalue weighted by Crippen LogP contribution is 2.30. The number of anilines is 3. The number of nitrogens with one attached hydrogen (secondary N) is 3. The van der Waals surface area contributed by atoms with E-state index >= 15 is 0 Å². The van der Waals surface area contributed by atoms with Gasteiger partial charge in [0.25, 0.3) is 0 Å². The first-order chi connectivity index (χ1) is 12.1. The summed E-state index contributed by atoms with van der Waals surface area (Å²) in [5.41, 5.74) is 2.02. The first-order valence-electron chi connectivity index (χ1n) is 7.79. The van der Waals surface area contributed by atoms with E-state index in [1.54, 1.807) is 31.4 Å². The number of para-hydroxylation sites is 2. The Morgan fingerprint density at radius 3 is 2.60 bits per heavy atom. The smallest absolute Gasteiger partial charge is 0.247 e. The Hall–Kier alpha value is -3.22. The van der Waals surface area contributed by atoms with Crippen LogP contribution in [0, 0.1) is 0 Å². The van der Waals surface area contributed by atoms with Gasteiger partial charge in [-0.15, -0.1) is 0 Å². The Morgan fingerprint density at radius 1 is 1.12 bits per heavy atom. The summed E-state index contributed by atoms with van der Waals surface area (Å²) in [6, 6.07) is 11.8. The number of hydrogen-bond donors (Lipinski definition) is 3. The molecule has 0 spiro atoms. The van der Waals surface area contributed by atoms with Gasteiger partial charge in [0.2, 0.25) is 11.8 Å². The van der Waals surface area contributed by atoms with Crippen molar-refractivity contribution in [2.75, 3.05) is 30.2 Å². The third-order valence-electron chi connectivity index (χ3n) is 3.90. The van der Waals surface area contributed by atoms with Crippen LogP contribution >= 0.6 is 0 Å². The average molecular weight is 341 g/mol. The zero-order valence-electron chi connectivity index (χ0n) is 14.0. The van der Waals surface area contributed by atoms with Crippen molar-refractivity contribution in [1.29, 1.82) is 0 Å². The largest absolute Gasteiger partial charge is 0.497 e. The van der Waals surface area contributed by atoms with Crippen LogP contribution in [0.1, 0.15) is 6.42 Å². The summed E-state index contributed by atoms with van der Waals surface area (Å²) >= 11 is 0. The van der Waals surface area contributed by atoms with Gasteiger partial charge >= 0.3 is 0 Å². The number of hydrogen-bond acceptors (Lipinski definition) is 5. The van der Waals surface area contributed by atoms with Gasteiger partial charge in [-0.3, -0.25) is 9.59 Å². The molecule has 0 aromatic heterocycles. The van der Waals surface area contributed by atoms with Crippen LogP contribution < -0.4 is 25.4 Å². The monoisotopic (exact) mass is 341 g/mol. The van der Waals surface area contributed by atoms with Gasteiger partial charge in [-0.1, -0.05) is 12.1 Å². The van der Waals surface area contributed by atoms with Crippen molar-refractivity contribution in [2.45, 2.75) is 12.5 Å². The number of fused-ring (bicyclic) bond motifs is 1. The Balaban J connectivity index is 1.68. The molecular weight excluding hydrogens is 322 g/mol. The number of rotatable bonds is 5. The molecule has 0 aliphatic carbocycles. The van der Waals surface area contributed by atoms with Crippen LogP contribution in [0.4, 0.5) is 17.1 Å². The molecule has 0 saturated carbocycles. The SMILES string of the molecule is COc1ccc(NC(=O)CC2Nc3ccccc3NC2=O)c(OC)c1. The van der Waals surface area contributed by atoms with E-state index in [1.807, 2.05) is 18.2 Å². The second kappa shape index (κ2) is 7.12. The Labute approximate surface area is 145 Å². The van der Waals surface area contributed by atoms with E-state index in [4.69, 9.17) is 9.47 Å². The molecular formula is C18H19N3O4. The standard InChI is InChI=1S/C18H19N3O4/c1-24-11-7-8-14(16(9-11)25-2)20-17(22)10-15-18(23)21-13-6-4-3-5-12(13)19-15/h3-9,15,19H,10H2,1-2H3,(H,20,22)(H,21,23). The third kappa shape index (κ3) is 3.65. The molecule has 1 aliphatic heterocycles. The lowest BCUT2D eigenvalue weighted by Crippen LogP contribution is -2.41.